The van der Waals surface area contributed by atoms with E-state index in [1.807, 2.05) is 18.5 Å². The fraction of sp³-hybridized carbons (Fsp3) is 0.500. The van der Waals surface area contributed by atoms with Crippen LogP contribution in [0.4, 0.5) is 0 Å². The van der Waals surface area contributed by atoms with Crippen LogP contribution < -0.4 is 5.73 Å². The number of nitrogens with zero attached hydrogens (tertiary/aromatic N) is 2. The summed E-state index contributed by atoms with van der Waals surface area (Å²) in [6, 6.07) is 2.33. The first-order valence-electron chi connectivity index (χ1n) is 5.80. The van der Waals surface area contributed by atoms with Gasteiger partial charge in [0.1, 0.15) is 0 Å². The molecule has 0 spiro atoms. The molecule has 3 rings (SSSR count). The molecule has 2 aromatic heterocycles. The van der Waals surface area contributed by atoms with Crippen LogP contribution in [0.25, 0.3) is 10.2 Å². The van der Waals surface area contributed by atoms with Gasteiger partial charge < -0.3 is 5.73 Å². The van der Waals surface area contributed by atoms with Gasteiger partial charge in [-0.15, -0.1) is 11.3 Å². The SMILES string of the molecule is NC1CCCCC1c1nc2cnccc2s1. The molecule has 0 aromatic carbocycles. The molecule has 4 heteroatoms. The first-order chi connectivity index (χ1) is 7.84. The van der Waals surface area contributed by atoms with Crippen molar-refractivity contribution >= 4 is 21.6 Å². The third-order valence-corrected chi connectivity index (χ3v) is 4.51. The molecule has 1 saturated carbocycles. The smallest absolute Gasteiger partial charge is 0.0998 e. The number of pyridine rings is 1. The molecule has 2 unspecified atom stereocenters. The second kappa shape index (κ2) is 4.11. The topological polar surface area (TPSA) is 51.8 Å². The summed E-state index contributed by atoms with van der Waals surface area (Å²) in [7, 11) is 0. The van der Waals surface area contributed by atoms with E-state index in [9.17, 15) is 0 Å². The second-order valence-corrected chi connectivity index (χ2v) is 5.51. The van der Waals surface area contributed by atoms with Gasteiger partial charge in [-0.2, -0.15) is 0 Å². The molecular formula is C12H15N3S. The maximum Gasteiger partial charge on any atom is 0.0998 e. The van der Waals surface area contributed by atoms with Crippen molar-refractivity contribution in [2.45, 2.75) is 37.6 Å². The number of hydrogen-bond donors (Lipinski definition) is 1. The lowest BCUT2D eigenvalue weighted by Gasteiger charge is -2.26. The van der Waals surface area contributed by atoms with Gasteiger partial charge >= 0.3 is 0 Å². The van der Waals surface area contributed by atoms with E-state index in [0.29, 0.717) is 12.0 Å². The van der Waals surface area contributed by atoms with Crippen molar-refractivity contribution in [2.24, 2.45) is 5.73 Å². The van der Waals surface area contributed by atoms with E-state index >= 15 is 0 Å². The van der Waals surface area contributed by atoms with Gasteiger partial charge in [0.25, 0.3) is 0 Å². The number of aromatic nitrogens is 2. The van der Waals surface area contributed by atoms with Gasteiger partial charge in [-0.05, 0) is 18.9 Å². The van der Waals surface area contributed by atoms with Crippen molar-refractivity contribution in [1.82, 2.24) is 9.97 Å². The van der Waals surface area contributed by atoms with Gasteiger partial charge in [0, 0.05) is 18.2 Å². The standard InChI is InChI=1S/C12H15N3S/c13-9-4-2-1-3-8(9)12-15-10-7-14-6-5-11(10)16-12/h5-9H,1-4,13H2. The maximum atomic E-state index is 6.18. The molecular weight excluding hydrogens is 218 g/mol. The molecule has 0 bridgehead atoms. The Bertz CT molecular complexity index is 461. The van der Waals surface area contributed by atoms with Crippen molar-refractivity contribution in [3.63, 3.8) is 0 Å². The van der Waals surface area contributed by atoms with E-state index in [2.05, 4.69) is 9.97 Å². The molecule has 16 heavy (non-hydrogen) atoms. The lowest BCUT2D eigenvalue weighted by molar-refractivity contribution is 0.385. The lowest BCUT2D eigenvalue weighted by Crippen LogP contribution is -2.31. The minimum absolute atomic E-state index is 0.294. The fourth-order valence-electron chi connectivity index (χ4n) is 2.42. The van der Waals surface area contributed by atoms with E-state index in [-0.39, 0.29) is 0 Å². The highest BCUT2D eigenvalue weighted by Crippen LogP contribution is 2.35. The Kier molecular flexibility index (Phi) is 2.61. The molecule has 2 N–H and O–H groups in total. The second-order valence-electron chi connectivity index (χ2n) is 4.45. The Balaban J connectivity index is 1.98. The number of fused-ring (bicyclic) bond motifs is 1. The first kappa shape index (κ1) is 10.2. The van der Waals surface area contributed by atoms with Crippen LogP contribution in [0.1, 0.15) is 36.6 Å². The Morgan fingerprint density at radius 3 is 3.00 bits per heavy atom. The van der Waals surface area contributed by atoms with Crippen LogP contribution in [0, 0.1) is 0 Å². The van der Waals surface area contributed by atoms with Gasteiger partial charge in [-0.3, -0.25) is 4.98 Å². The highest BCUT2D eigenvalue weighted by molar-refractivity contribution is 7.18. The van der Waals surface area contributed by atoms with Gasteiger partial charge in [-0.1, -0.05) is 12.8 Å². The predicted molar refractivity (Wildman–Crippen MR) is 66.6 cm³/mol. The summed E-state index contributed by atoms with van der Waals surface area (Å²) in [6.45, 7) is 0. The quantitative estimate of drug-likeness (QED) is 0.824. The van der Waals surface area contributed by atoms with Crippen molar-refractivity contribution in [2.75, 3.05) is 0 Å². The van der Waals surface area contributed by atoms with Crippen LogP contribution >= 0.6 is 11.3 Å². The van der Waals surface area contributed by atoms with Crippen LogP contribution in [0.15, 0.2) is 18.5 Å². The molecule has 3 nitrogen and oxygen atoms in total. The third-order valence-electron chi connectivity index (χ3n) is 3.34. The van der Waals surface area contributed by atoms with Crippen LogP contribution in [0.3, 0.4) is 0 Å². The summed E-state index contributed by atoms with van der Waals surface area (Å²) < 4.78 is 1.22. The zero-order valence-electron chi connectivity index (χ0n) is 9.10. The number of thiazole rings is 1. The summed E-state index contributed by atoms with van der Waals surface area (Å²) in [5.41, 5.74) is 7.20. The van der Waals surface area contributed by atoms with E-state index in [1.165, 1.54) is 29.0 Å². The molecule has 0 amide bonds. The number of hydrogen-bond acceptors (Lipinski definition) is 4. The first-order valence-corrected chi connectivity index (χ1v) is 6.62. The van der Waals surface area contributed by atoms with Crippen LogP contribution in [0.5, 0.6) is 0 Å². The Hall–Kier alpha value is -1.00. The Morgan fingerprint density at radius 1 is 1.31 bits per heavy atom. The third kappa shape index (κ3) is 1.72. The van der Waals surface area contributed by atoms with E-state index < -0.39 is 0 Å². The van der Waals surface area contributed by atoms with Crippen molar-refractivity contribution in [1.29, 1.82) is 0 Å². The summed E-state index contributed by atoms with van der Waals surface area (Å²) in [5, 5.41) is 1.20. The molecule has 84 valence electrons. The molecule has 0 radical (unpaired) electrons. The average Bonchev–Trinajstić information content (AvgIpc) is 2.73. The zero-order chi connectivity index (χ0) is 11.0. The molecule has 0 aliphatic heterocycles. The van der Waals surface area contributed by atoms with Gasteiger partial charge in [-0.25, -0.2) is 4.98 Å². The Morgan fingerprint density at radius 2 is 2.19 bits per heavy atom. The maximum absolute atomic E-state index is 6.18. The Labute approximate surface area is 98.7 Å². The molecule has 1 fully saturated rings. The van der Waals surface area contributed by atoms with Gasteiger partial charge in [0.15, 0.2) is 0 Å². The van der Waals surface area contributed by atoms with Crippen molar-refractivity contribution < 1.29 is 0 Å². The van der Waals surface area contributed by atoms with Crippen molar-refractivity contribution in [3.05, 3.63) is 23.5 Å². The molecule has 0 saturated heterocycles. The predicted octanol–water partition coefficient (Wildman–Crippen LogP) is 2.68. The molecule has 1 aliphatic rings. The van der Waals surface area contributed by atoms with E-state index in [1.54, 1.807) is 11.3 Å². The minimum atomic E-state index is 0.294. The molecule has 2 aromatic rings. The average molecular weight is 233 g/mol. The molecule has 1 aliphatic carbocycles. The normalized spacial score (nSPS) is 26.1. The number of nitrogens with two attached hydrogens (primary N) is 1. The molecule has 2 heterocycles. The fourth-order valence-corrected chi connectivity index (χ4v) is 3.57. The monoisotopic (exact) mass is 233 g/mol. The lowest BCUT2D eigenvalue weighted by atomic mass is 9.85. The van der Waals surface area contributed by atoms with E-state index in [4.69, 9.17) is 5.73 Å². The summed E-state index contributed by atoms with van der Waals surface area (Å²) >= 11 is 1.78. The van der Waals surface area contributed by atoms with Gasteiger partial charge in [0.2, 0.25) is 0 Å². The van der Waals surface area contributed by atoms with Crippen LogP contribution in [-0.4, -0.2) is 16.0 Å². The summed E-state index contributed by atoms with van der Waals surface area (Å²) in [6.07, 6.45) is 8.54. The highest BCUT2D eigenvalue weighted by Gasteiger charge is 2.26. The number of rotatable bonds is 1. The van der Waals surface area contributed by atoms with Gasteiger partial charge in [0.05, 0.1) is 21.4 Å². The largest absolute Gasteiger partial charge is 0.327 e. The van der Waals surface area contributed by atoms with Crippen molar-refractivity contribution in [3.8, 4) is 0 Å². The molecule has 2 atom stereocenters. The van der Waals surface area contributed by atoms with E-state index in [0.717, 1.165) is 11.9 Å². The summed E-state index contributed by atoms with van der Waals surface area (Å²) in [4.78, 5) is 8.77. The summed E-state index contributed by atoms with van der Waals surface area (Å²) in [5.74, 6) is 0.464. The zero-order valence-corrected chi connectivity index (χ0v) is 9.91. The highest BCUT2D eigenvalue weighted by atomic mass is 32.1. The van der Waals surface area contributed by atoms with Crippen LogP contribution in [-0.2, 0) is 0 Å². The van der Waals surface area contributed by atoms with Crippen LogP contribution in [0.2, 0.25) is 0 Å². The minimum Gasteiger partial charge on any atom is -0.327 e.